The zero-order chi connectivity index (χ0) is 13.9. The number of halogens is 1. The lowest BCUT2D eigenvalue weighted by atomic mass is 10.1. The second kappa shape index (κ2) is 6.37. The standard InChI is InChI=1S/C14H20BrNO2S/c1-11-6-7-13(15)10-14(11)19(17,18)16-9-8-12-4-2-3-5-12/h6-7,10,12,16H,2-5,8-9H2,1H3. The van der Waals surface area contributed by atoms with Crippen LogP contribution in [0.2, 0.25) is 0 Å². The van der Waals surface area contributed by atoms with Gasteiger partial charge in [-0.15, -0.1) is 0 Å². The molecule has 1 N–H and O–H groups in total. The topological polar surface area (TPSA) is 46.2 Å². The van der Waals surface area contributed by atoms with Gasteiger partial charge in [0.1, 0.15) is 0 Å². The number of hydrogen-bond acceptors (Lipinski definition) is 2. The van der Waals surface area contributed by atoms with Crippen LogP contribution >= 0.6 is 15.9 Å². The SMILES string of the molecule is Cc1ccc(Br)cc1S(=O)(=O)NCCC1CCCC1. The van der Waals surface area contributed by atoms with Gasteiger partial charge in [0.25, 0.3) is 0 Å². The van der Waals surface area contributed by atoms with Crippen molar-refractivity contribution in [1.29, 1.82) is 0 Å². The van der Waals surface area contributed by atoms with Crippen LogP contribution in [0, 0.1) is 12.8 Å². The van der Waals surface area contributed by atoms with Crippen molar-refractivity contribution in [2.75, 3.05) is 6.54 Å². The summed E-state index contributed by atoms with van der Waals surface area (Å²) in [6.07, 6.45) is 6.03. The van der Waals surface area contributed by atoms with Gasteiger partial charge < -0.3 is 0 Å². The molecular weight excluding hydrogens is 326 g/mol. The minimum absolute atomic E-state index is 0.369. The van der Waals surface area contributed by atoms with Crippen LogP contribution in [0.25, 0.3) is 0 Å². The average molecular weight is 346 g/mol. The van der Waals surface area contributed by atoms with E-state index in [1.165, 1.54) is 25.7 Å². The summed E-state index contributed by atoms with van der Waals surface area (Å²) in [6.45, 7) is 2.36. The maximum atomic E-state index is 12.2. The van der Waals surface area contributed by atoms with Gasteiger partial charge in [0.15, 0.2) is 0 Å². The smallest absolute Gasteiger partial charge is 0.211 e. The van der Waals surface area contributed by atoms with E-state index >= 15 is 0 Å². The number of benzene rings is 1. The zero-order valence-corrected chi connectivity index (χ0v) is 13.6. The van der Waals surface area contributed by atoms with Crippen molar-refractivity contribution in [2.45, 2.75) is 43.9 Å². The van der Waals surface area contributed by atoms with E-state index in [0.29, 0.717) is 17.4 Å². The first-order valence-corrected chi connectivity index (χ1v) is 9.02. The molecule has 0 heterocycles. The number of rotatable bonds is 5. The average Bonchev–Trinajstić information content (AvgIpc) is 2.85. The summed E-state index contributed by atoms with van der Waals surface area (Å²) in [6, 6.07) is 5.33. The predicted molar refractivity (Wildman–Crippen MR) is 80.6 cm³/mol. The van der Waals surface area contributed by atoms with Gasteiger partial charge in [0, 0.05) is 11.0 Å². The first-order valence-electron chi connectivity index (χ1n) is 6.75. The molecular formula is C14H20BrNO2S. The molecule has 1 aromatic carbocycles. The van der Waals surface area contributed by atoms with Crippen molar-refractivity contribution >= 4 is 26.0 Å². The van der Waals surface area contributed by atoms with E-state index in [1.807, 2.05) is 19.1 Å². The van der Waals surface area contributed by atoms with Crippen molar-refractivity contribution < 1.29 is 8.42 Å². The summed E-state index contributed by atoms with van der Waals surface area (Å²) >= 11 is 3.32. The number of aryl methyl sites for hydroxylation is 1. The van der Waals surface area contributed by atoms with E-state index in [-0.39, 0.29) is 0 Å². The summed E-state index contributed by atoms with van der Waals surface area (Å²) in [5.74, 6) is 0.700. The fourth-order valence-electron chi connectivity index (χ4n) is 2.64. The lowest BCUT2D eigenvalue weighted by molar-refractivity contribution is 0.495. The second-order valence-corrected chi connectivity index (χ2v) is 7.90. The largest absolute Gasteiger partial charge is 0.240 e. The van der Waals surface area contributed by atoms with Gasteiger partial charge in [-0.1, -0.05) is 47.7 Å². The van der Waals surface area contributed by atoms with Gasteiger partial charge in [0.2, 0.25) is 10.0 Å². The molecule has 1 aliphatic carbocycles. The fourth-order valence-corrected chi connectivity index (χ4v) is 4.47. The third kappa shape index (κ3) is 4.04. The van der Waals surface area contributed by atoms with Crippen LogP contribution in [-0.4, -0.2) is 15.0 Å². The maximum absolute atomic E-state index is 12.2. The van der Waals surface area contributed by atoms with Gasteiger partial charge >= 0.3 is 0 Å². The predicted octanol–water partition coefficient (Wildman–Crippen LogP) is 3.62. The Hall–Kier alpha value is -0.390. The van der Waals surface area contributed by atoms with E-state index in [0.717, 1.165) is 16.5 Å². The van der Waals surface area contributed by atoms with Crippen molar-refractivity contribution in [1.82, 2.24) is 4.72 Å². The molecule has 1 aromatic rings. The molecule has 1 fully saturated rings. The highest BCUT2D eigenvalue weighted by Gasteiger charge is 2.19. The van der Waals surface area contributed by atoms with Gasteiger partial charge in [-0.2, -0.15) is 0 Å². The molecule has 0 spiro atoms. The molecule has 1 aliphatic rings. The highest BCUT2D eigenvalue weighted by atomic mass is 79.9. The Bertz CT molecular complexity index is 536. The van der Waals surface area contributed by atoms with Crippen LogP contribution in [0.3, 0.4) is 0 Å². The fraction of sp³-hybridized carbons (Fsp3) is 0.571. The molecule has 1 saturated carbocycles. The van der Waals surface area contributed by atoms with E-state index in [9.17, 15) is 8.42 Å². The highest BCUT2D eigenvalue weighted by molar-refractivity contribution is 9.10. The Kier molecular flexibility index (Phi) is 5.03. The molecule has 0 bridgehead atoms. The molecule has 0 amide bonds. The lowest BCUT2D eigenvalue weighted by Crippen LogP contribution is -2.26. The van der Waals surface area contributed by atoms with Crippen LogP contribution in [0.5, 0.6) is 0 Å². The number of nitrogens with one attached hydrogen (secondary N) is 1. The molecule has 0 atom stereocenters. The van der Waals surface area contributed by atoms with Gasteiger partial charge in [-0.25, -0.2) is 13.1 Å². The molecule has 0 radical (unpaired) electrons. The van der Waals surface area contributed by atoms with E-state index in [2.05, 4.69) is 20.7 Å². The maximum Gasteiger partial charge on any atom is 0.240 e. The monoisotopic (exact) mass is 345 g/mol. The van der Waals surface area contributed by atoms with Crippen LogP contribution in [0.15, 0.2) is 27.6 Å². The molecule has 5 heteroatoms. The second-order valence-electron chi connectivity index (χ2n) is 5.25. The molecule has 0 saturated heterocycles. The number of sulfonamides is 1. The molecule has 2 rings (SSSR count). The summed E-state index contributed by atoms with van der Waals surface area (Å²) in [5.41, 5.74) is 0.775. The normalized spacial score (nSPS) is 16.9. The van der Waals surface area contributed by atoms with Crippen molar-refractivity contribution in [3.8, 4) is 0 Å². The Balaban J connectivity index is 1.99. The highest BCUT2D eigenvalue weighted by Crippen LogP contribution is 2.27. The van der Waals surface area contributed by atoms with Crippen LogP contribution < -0.4 is 4.72 Å². The minimum Gasteiger partial charge on any atom is -0.211 e. The van der Waals surface area contributed by atoms with Gasteiger partial charge in [-0.3, -0.25) is 0 Å². The zero-order valence-electron chi connectivity index (χ0n) is 11.2. The first kappa shape index (κ1) is 15.0. The van der Waals surface area contributed by atoms with Crippen molar-refractivity contribution in [3.63, 3.8) is 0 Å². The third-order valence-corrected chi connectivity index (χ3v) is 5.86. The number of hydrogen-bond donors (Lipinski definition) is 1. The summed E-state index contributed by atoms with van der Waals surface area (Å²) in [4.78, 5) is 0.369. The Labute approximate surface area is 124 Å². The quantitative estimate of drug-likeness (QED) is 0.885. The minimum atomic E-state index is -3.39. The summed E-state index contributed by atoms with van der Waals surface area (Å²) in [5, 5.41) is 0. The lowest BCUT2D eigenvalue weighted by Gasteiger charge is -2.12. The van der Waals surface area contributed by atoms with Gasteiger partial charge in [-0.05, 0) is 37.0 Å². The summed E-state index contributed by atoms with van der Waals surface area (Å²) in [7, 11) is -3.39. The van der Waals surface area contributed by atoms with Crippen molar-refractivity contribution in [3.05, 3.63) is 28.2 Å². The molecule has 0 aliphatic heterocycles. The molecule has 0 unspecified atom stereocenters. The van der Waals surface area contributed by atoms with E-state index < -0.39 is 10.0 Å². The Morgan fingerprint density at radius 1 is 1.32 bits per heavy atom. The summed E-state index contributed by atoms with van der Waals surface area (Å²) < 4.78 is 28.0. The molecule has 19 heavy (non-hydrogen) atoms. The Morgan fingerprint density at radius 3 is 2.68 bits per heavy atom. The molecule has 3 nitrogen and oxygen atoms in total. The van der Waals surface area contributed by atoms with E-state index in [4.69, 9.17) is 0 Å². The first-order chi connectivity index (χ1) is 8.99. The molecule has 0 aromatic heterocycles. The van der Waals surface area contributed by atoms with Crippen LogP contribution in [0.1, 0.15) is 37.7 Å². The Morgan fingerprint density at radius 2 is 2.00 bits per heavy atom. The van der Waals surface area contributed by atoms with Crippen molar-refractivity contribution in [2.24, 2.45) is 5.92 Å². The van der Waals surface area contributed by atoms with Gasteiger partial charge in [0.05, 0.1) is 4.90 Å². The van der Waals surface area contributed by atoms with E-state index in [1.54, 1.807) is 6.07 Å². The van der Waals surface area contributed by atoms with Crippen LogP contribution in [0.4, 0.5) is 0 Å². The third-order valence-electron chi connectivity index (χ3n) is 3.76. The molecule has 106 valence electrons. The van der Waals surface area contributed by atoms with Crippen LogP contribution in [-0.2, 0) is 10.0 Å².